The molecule has 0 atom stereocenters. The van der Waals surface area contributed by atoms with Crippen molar-refractivity contribution >= 4 is 76.2 Å². The third kappa shape index (κ3) is 5.60. The van der Waals surface area contributed by atoms with Gasteiger partial charge in [0.2, 0.25) is 0 Å². The lowest BCUT2D eigenvalue weighted by atomic mass is 9.99. The van der Waals surface area contributed by atoms with E-state index in [0.29, 0.717) is 17.5 Å². The summed E-state index contributed by atoms with van der Waals surface area (Å²) in [5.74, 6) is 1.74. The van der Waals surface area contributed by atoms with E-state index in [4.69, 9.17) is 23.8 Å². The van der Waals surface area contributed by atoms with E-state index in [1.165, 1.54) is 21.5 Å². The quantitative estimate of drug-likeness (QED) is 0.174. The summed E-state index contributed by atoms with van der Waals surface area (Å²) < 4.78 is 12.9. The molecule has 3 heterocycles. The van der Waals surface area contributed by atoms with Crippen LogP contribution in [0.5, 0.6) is 0 Å². The molecule has 5 heteroatoms. The Hall–Kier alpha value is -8.41. The Bertz CT molecular complexity index is 3940. The molecule has 0 radical (unpaired) electrons. The summed E-state index contributed by atoms with van der Waals surface area (Å²) in [5.41, 5.74) is 10.5. The molecule has 62 heavy (non-hydrogen) atoms. The van der Waals surface area contributed by atoms with Gasteiger partial charge in [0.15, 0.2) is 17.5 Å². The van der Waals surface area contributed by atoms with Crippen LogP contribution in [-0.4, -0.2) is 15.0 Å². The van der Waals surface area contributed by atoms with Gasteiger partial charge in [0.05, 0.1) is 0 Å². The Morgan fingerprint density at radius 3 is 1.56 bits per heavy atom. The highest BCUT2D eigenvalue weighted by Gasteiger charge is 2.20. The van der Waals surface area contributed by atoms with Crippen LogP contribution in [0.2, 0.25) is 0 Å². The summed E-state index contributed by atoms with van der Waals surface area (Å²) in [4.78, 5) is 15.7. The molecule has 0 saturated carbocycles. The van der Waals surface area contributed by atoms with Gasteiger partial charge in [0.25, 0.3) is 0 Å². The number of nitrogens with zero attached hydrogens (tertiary/aromatic N) is 3. The minimum Gasteiger partial charge on any atom is -0.456 e. The molecule has 0 aliphatic carbocycles. The number of hydrogen-bond acceptors (Lipinski definition) is 5. The van der Waals surface area contributed by atoms with E-state index in [1.54, 1.807) is 0 Å². The predicted octanol–water partition coefficient (Wildman–Crippen LogP) is 15.5. The van der Waals surface area contributed by atoms with Crippen LogP contribution in [-0.2, 0) is 0 Å². The molecule has 13 aromatic rings. The number of hydrogen-bond donors (Lipinski definition) is 0. The first-order chi connectivity index (χ1) is 30.7. The second-order valence-corrected chi connectivity index (χ2v) is 16.0. The van der Waals surface area contributed by atoms with Crippen LogP contribution in [0.3, 0.4) is 0 Å². The zero-order valence-corrected chi connectivity index (χ0v) is 33.2. The lowest BCUT2D eigenvalue weighted by molar-refractivity contribution is 0.669. The molecule has 13 rings (SSSR count). The highest BCUT2D eigenvalue weighted by atomic mass is 16.3. The molecule has 288 valence electrons. The highest BCUT2D eigenvalue weighted by Crippen LogP contribution is 2.40. The molecule has 0 amide bonds. The first-order valence-electron chi connectivity index (χ1n) is 20.8. The smallest absolute Gasteiger partial charge is 0.164 e. The van der Waals surface area contributed by atoms with Crippen LogP contribution < -0.4 is 0 Å². The lowest BCUT2D eigenvalue weighted by Crippen LogP contribution is -2.00. The van der Waals surface area contributed by atoms with Gasteiger partial charge in [-0.05, 0) is 103 Å². The normalized spacial score (nSPS) is 11.9. The third-order valence-corrected chi connectivity index (χ3v) is 12.3. The van der Waals surface area contributed by atoms with E-state index < -0.39 is 0 Å². The minimum atomic E-state index is 0.572. The van der Waals surface area contributed by atoms with E-state index >= 15 is 0 Å². The summed E-state index contributed by atoms with van der Waals surface area (Å²) in [6.45, 7) is 0. The van der Waals surface area contributed by atoms with Crippen LogP contribution in [0.15, 0.2) is 209 Å². The monoisotopic (exact) mass is 791 g/mol. The van der Waals surface area contributed by atoms with E-state index in [0.717, 1.165) is 93.6 Å². The number of furan rings is 2. The van der Waals surface area contributed by atoms with Gasteiger partial charge >= 0.3 is 0 Å². The molecular weight excluding hydrogens is 759 g/mol. The van der Waals surface area contributed by atoms with E-state index in [-0.39, 0.29) is 0 Å². The largest absolute Gasteiger partial charge is 0.456 e. The van der Waals surface area contributed by atoms with E-state index in [1.807, 2.05) is 24.3 Å². The van der Waals surface area contributed by atoms with Crippen molar-refractivity contribution in [2.45, 2.75) is 0 Å². The molecular formula is C57H33N3O2. The first-order valence-corrected chi connectivity index (χ1v) is 20.8. The van der Waals surface area contributed by atoms with Crippen molar-refractivity contribution in [2.75, 3.05) is 0 Å². The summed E-state index contributed by atoms with van der Waals surface area (Å²) in [7, 11) is 0. The average molecular weight is 792 g/mol. The SMILES string of the molecule is c1ccc2cc(-c3ccc(-c4nc(-c5ccc6ccc7oc8ccccc8c7c6c5)nc(-c5cccc6oc7cc(-c8ccc9ccccc9c8)ccc7c56)n4)cc3)ccc2c1. The minimum absolute atomic E-state index is 0.572. The van der Waals surface area contributed by atoms with Gasteiger partial charge in [-0.15, -0.1) is 0 Å². The second kappa shape index (κ2) is 13.6. The maximum absolute atomic E-state index is 6.61. The Morgan fingerprint density at radius 1 is 0.258 bits per heavy atom. The van der Waals surface area contributed by atoms with E-state index in [2.05, 4.69) is 176 Å². The molecule has 3 aromatic heterocycles. The van der Waals surface area contributed by atoms with E-state index in [9.17, 15) is 0 Å². The summed E-state index contributed by atoms with van der Waals surface area (Å²) in [6, 6.07) is 70.0. The number of benzene rings is 10. The molecule has 5 nitrogen and oxygen atoms in total. The molecule has 10 aromatic carbocycles. The van der Waals surface area contributed by atoms with Crippen molar-refractivity contribution in [3.8, 4) is 56.4 Å². The second-order valence-electron chi connectivity index (χ2n) is 16.0. The van der Waals surface area contributed by atoms with Crippen molar-refractivity contribution in [1.29, 1.82) is 0 Å². The number of para-hydroxylation sites is 1. The van der Waals surface area contributed by atoms with Crippen LogP contribution in [0, 0.1) is 0 Å². The molecule has 0 spiro atoms. The Balaban J connectivity index is 0.981. The van der Waals surface area contributed by atoms with Crippen molar-refractivity contribution in [3.05, 3.63) is 200 Å². The van der Waals surface area contributed by atoms with Gasteiger partial charge in [-0.3, -0.25) is 0 Å². The fraction of sp³-hybridized carbons (Fsp3) is 0. The fourth-order valence-corrected chi connectivity index (χ4v) is 9.18. The number of fused-ring (bicyclic) bond motifs is 10. The highest BCUT2D eigenvalue weighted by molar-refractivity contribution is 6.19. The standard InChI is InChI=1S/C57H33N3O2/c1-3-10-39-30-41(23-18-34(39)8-1)36-16-21-38(22-17-36)55-58-56(44-25-20-37-27-29-51-54(48(37)32-44)45-12-5-6-14-49(45)61-51)60-57(59-55)47-13-7-15-50-53(47)46-28-26-43(33-52(46)62-50)42-24-19-35-9-2-4-11-40(35)31-42/h1-33H. The van der Waals surface area contributed by atoms with Gasteiger partial charge in [0, 0.05) is 38.2 Å². The van der Waals surface area contributed by atoms with Gasteiger partial charge in [0.1, 0.15) is 22.3 Å². The summed E-state index contributed by atoms with van der Waals surface area (Å²) >= 11 is 0. The molecule has 0 aliphatic heterocycles. The molecule has 0 unspecified atom stereocenters. The fourth-order valence-electron chi connectivity index (χ4n) is 9.18. The van der Waals surface area contributed by atoms with Gasteiger partial charge < -0.3 is 8.83 Å². The lowest BCUT2D eigenvalue weighted by Gasteiger charge is -2.11. The predicted molar refractivity (Wildman–Crippen MR) is 254 cm³/mol. The molecule has 0 aliphatic rings. The molecule has 0 saturated heterocycles. The molecule has 0 bridgehead atoms. The third-order valence-electron chi connectivity index (χ3n) is 12.3. The van der Waals surface area contributed by atoms with Crippen molar-refractivity contribution in [3.63, 3.8) is 0 Å². The van der Waals surface area contributed by atoms with Crippen molar-refractivity contribution in [1.82, 2.24) is 15.0 Å². The zero-order valence-electron chi connectivity index (χ0n) is 33.2. The van der Waals surface area contributed by atoms with Crippen molar-refractivity contribution in [2.24, 2.45) is 0 Å². The van der Waals surface area contributed by atoms with Gasteiger partial charge in [-0.2, -0.15) is 0 Å². The number of rotatable bonds is 5. The van der Waals surface area contributed by atoms with Crippen LogP contribution >= 0.6 is 0 Å². The first kappa shape index (κ1) is 34.5. The van der Waals surface area contributed by atoms with Gasteiger partial charge in [-0.1, -0.05) is 152 Å². The van der Waals surface area contributed by atoms with Gasteiger partial charge in [-0.25, -0.2) is 15.0 Å². The van der Waals surface area contributed by atoms with Crippen LogP contribution in [0.4, 0.5) is 0 Å². The summed E-state index contributed by atoms with van der Waals surface area (Å²) in [6.07, 6.45) is 0. The van der Waals surface area contributed by atoms with Crippen LogP contribution in [0.1, 0.15) is 0 Å². The Morgan fingerprint density at radius 2 is 0.774 bits per heavy atom. The maximum Gasteiger partial charge on any atom is 0.164 e. The van der Waals surface area contributed by atoms with Crippen LogP contribution in [0.25, 0.3) is 133 Å². The number of aromatic nitrogens is 3. The summed E-state index contributed by atoms with van der Waals surface area (Å²) in [5, 5.41) is 11.2. The molecule has 0 fully saturated rings. The molecule has 0 N–H and O–H groups in total. The average Bonchev–Trinajstić information content (AvgIpc) is 3.92. The topological polar surface area (TPSA) is 65.0 Å². The van der Waals surface area contributed by atoms with Crippen molar-refractivity contribution < 1.29 is 8.83 Å². The Labute approximate surface area is 355 Å². The zero-order chi connectivity index (χ0) is 40.7. The Kier molecular flexibility index (Phi) is 7.54. The maximum atomic E-state index is 6.61.